The molecule has 0 spiro atoms. The van der Waals surface area contributed by atoms with E-state index in [1.54, 1.807) is 30.3 Å². The molecular weight excluding hydrogens is 392 g/mol. The molecule has 31 heavy (non-hydrogen) atoms. The second-order valence-corrected chi connectivity index (χ2v) is 6.69. The average Bonchev–Trinajstić information content (AvgIpc) is 2.77. The fourth-order valence-corrected chi connectivity index (χ4v) is 2.85. The zero-order valence-electron chi connectivity index (χ0n) is 17.0. The maximum atomic E-state index is 12.5. The van der Waals surface area contributed by atoms with Gasteiger partial charge in [-0.2, -0.15) is 0 Å². The Labute approximate surface area is 180 Å². The van der Waals surface area contributed by atoms with Gasteiger partial charge in [0.1, 0.15) is 5.75 Å². The first-order valence-electron chi connectivity index (χ1n) is 9.70. The van der Waals surface area contributed by atoms with E-state index >= 15 is 0 Å². The summed E-state index contributed by atoms with van der Waals surface area (Å²) in [4.78, 5) is 35.9. The summed E-state index contributed by atoms with van der Waals surface area (Å²) in [5.74, 6) is -0.739. The van der Waals surface area contributed by atoms with Crippen molar-refractivity contribution in [1.82, 2.24) is 5.32 Å². The Morgan fingerprint density at radius 2 is 1.65 bits per heavy atom. The number of ether oxygens (including phenoxy) is 1. The van der Waals surface area contributed by atoms with Gasteiger partial charge in [0.25, 0.3) is 5.91 Å². The van der Waals surface area contributed by atoms with Gasteiger partial charge in [-0.15, -0.1) is 0 Å². The first kappa shape index (κ1) is 21.5. The summed E-state index contributed by atoms with van der Waals surface area (Å²) < 4.78 is 5.01. The highest BCUT2D eigenvalue weighted by Gasteiger charge is 2.10. The fourth-order valence-electron chi connectivity index (χ4n) is 2.85. The van der Waals surface area contributed by atoms with Gasteiger partial charge in [-0.3, -0.25) is 14.4 Å². The molecule has 3 rings (SSSR count). The van der Waals surface area contributed by atoms with Crippen molar-refractivity contribution in [2.24, 2.45) is 0 Å². The van der Waals surface area contributed by atoms with Crippen LogP contribution in [0.15, 0.2) is 84.9 Å². The molecule has 0 saturated carbocycles. The van der Waals surface area contributed by atoms with Crippen LogP contribution in [0, 0.1) is 0 Å². The van der Waals surface area contributed by atoms with Crippen LogP contribution >= 0.6 is 0 Å². The molecule has 2 N–H and O–H groups in total. The van der Waals surface area contributed by atoms with Gasteiger partial charge >= 0.3 is 5.97 Å². The molecule has 0 fully saturated rings. The first-order valence-corrected chi connectivity index (χ1v) is 9.70. The predicted octanol–water partition coefficient (Wildman–Crippen LogP) is 4.19. The third-order valence-electron chi connectivity index (χ3n) is 4.30. The summed E-state index contributed by atoms with van der Waals surface area (Å²) in [6, 6.07) is 23.1. The molecule has 0 heterocycles. The lowest BCUT2D eigenvalue weighted by Crippen LogP contribution is -2.23. The largest absolute Gasteiger partial charge is 0.427 e. The number of nitrogens with one attached hydrogen (secondary N) is 2. The van der Waals surface area contributed by atoms with Crippen LogP contribution in [0.25, 0.3) is 6.08 Å². The van der Waals surface area contributed by atoms with E-state index in [2.05, 4.69) is 10.6 Å². The Hall–Kier alpha value is -4.19. The van der Waals surface area contributed by atoms with E-state index in [0.717, 1.165) is 11.1 Å². The maximum absolute atomic E-state index is 12.5. The number of carbonyl (C=O) groups excluding carboxylic acids is 3. The van der Waals surface area contributed by atoms with Crippen LogP contribution in [0.2, 0.25) is 0 Å². The van der Waals surface area contributed by atoms with E-state index < -0.39 is 5.97 Å². The van der Waals surface area contributed by atoms with Crippen molar-refractivity contribution < 1.29 is 19.1 Å². The van der Waals surface area contributed by atoms with E-state index in [4.69, 9.17) is 4.74 Å². The van der Waals surface area contributed by atoms with Crippen LogP contribution in [0.1, 0.15) is 28.4 Å². The minimum atomic E-state index is -0.455. The topological polar surface area (TPSA) is 84.5 Å². The molecule has 3 aromatic rings. The number of para-hydroxylation sites is 1. The van der Waals surface area contributed by atoms with E-state index in [-0.39, 0.29) is 18.4 Å². The molecule has 2 amide bonds. The van der Waals surface area contributed by atoms with Gasteiger partial charge in [-0.05, 0) is 41.5 Å². The van der Waals surface area contributed by atoms with Crippen molar-refractivity contribution in [3.05, 3.63) is 102 Å². The lowest BCUT2D eigenvalue weighted by atomic mass is 10.1. The fraction of sp³-hybridized carbons (Fsp3) is 0.0800. The SMILES string of the molecule is CC(=O)Oc1cccc(C(=O)NCc2ccccc2NC(=O)/C=C/c2ccccc2)c1. The van der Waals surface area contributed by atoms with Gasteiger partial charge in [0.2, 0.25) is 5.91 Å². The average molecular weight is 414 g/mol. The van der Waals surface area contributed by atoms with Crippen molar-refractivity contribution in [1.29, 1.82) is 0 Å². The molecule has 0 aliphatic heterocycles. The van der Waals surface area contributed by atoms with Crippen LogP contribution in [0.5, 0.6) is 5.75 Å². The van der Waals surface area contributed by atoms with Gasteiger partial charge in [-0.25, -0.2) is 0 Å². The van der Waals surface area contributed by atoms with Crippen LogP contribution in [0.3, 0.4) is 0 Å². The molecule has 0 atom stereocenters. The first-order chi connectivity index (χ1) is 15.0. The highest BCUT2D eigenvalue weighted by atomic mass is 16.5. The van der Waals surface area contributed by atoms with Crippen molar-refractivity contribution in [2.75, 3.05) is 5.32 Å². The highest BCUT2D eigenvalue weighted by Crippen LogP contribution is 2.17. The van der Waals surface area contributed by atoms with Gasteiger partial charge in [-0.1, -0.05) is 54.6 Å². The van der Waals surface area contributed by atoms with Crippen molar-refractivity contribution in [3.63, 3.8) is 0 Å². The molecule has 6 nitrogen and oxygen atoms in total. The maximum Gasteiger partial charge on any atom is 0.308 e. The van der Waals surface area contributed by atoms with Crippen LogP contribution in [-0.2, 0) is 16.1 Å². The second kappa shape index (κ2) is 10.5. The summed E-state index contributed by atoms with van der Waals surface area (Å²) in [5, 5.41) is 5.66. The molecule has 0 aromatic heterocycles. The lowest BCUT2D eigenvalue weighted by molar-refractivity contribution is -0.131. The zero-order valence-corrected chi connectivity index (χ0v) is 17.0. The smallest absolute Gasteiger partial charge is 0.308 e. The van der Waals surface area contributed by atoms with Gasteiger partial charge < -0.3 is 15.4 Å². The molecule has 156 valence electrons. The van der Waals surface area contributed by atoms with Crippen LogP contribution in [-0.4, -0.2) is 17.8 Å². The Bertz CT molecular complexity index is 1110. The van der Waals surface area contributed by atoms with Crippen molar-refractivity contribution in [3.8, 4) is 5.75 Å². The van der Waals surface area contributed by atoms with E-state index in [1.165, 1.54) is 19.1 Å². The number of hydrogen-bond acceptors (Lipinski definition) is 4. The monoisotopic (exact) mass is 414 g/mol. The standard InChI is InChI=1S/C25H22N2O4/c1-18(28)31-22-12-7-11-20(16-22)25(30)26-17-21-10-5-6-13-23(21)27-24(29)15-14-19-8-3-2-4-9-19/h2-16H,17H2,1H3,(H,26,30)(H,27,29)/b15-14+. The molecule has 0 unspecified atom stereocenters. The number of hydrogen-bond donors (Lipinski definition) is 2. The Balaban J connectivity index is 1.63. The minimum absolute atomic E-state index is 0.218. The molecular formula is C25H22N2O4. The van der Waals surface area contributed by atoms with Gasteiger partial charge in [0, 0.05) is 30.8 Å². The molecule has 3 aromatic carbocycles. The number of anilines is 1. The number of carbonyl (C=O) groups is 3. The Morgan fingerprint density at radius 3 is 2.42 bits per heavy atom. The highest BCUT2D eigenvalue weighted by molar-refractivity contribution is 6.02. The molecule has 0 radical (unpaired) electrons. The number of esters is 1. The predicted molar refractivity (Wildman–Crippen MR) is 119 cm³/mol. The normalized spacial score (nSPS) is 10.5. The van der Waals surface area contributed by atoms with E-state index in [1.807, 2.05) is 48.5 Å². The quantitative estimate of drug-likeness (QED) is 0.345. The van der Waals surface area contributed by atoms with Gasteiger partial charge in [0.05, 0.1) is 0 Å². The van der Waals surface area contributed by atoms with E-state index in [0.29, 0.717) is 17.0 Å². The summed E-state index contributed by atoms with van der Waals surface area (Å²) in [6.45, 7) is 1.52. The Morgan fingerprint density at radius 1 is 0.903 bits per heavy atom. The molecule has 0 aliphatic rings. The molecule has 0 aliphatic carbocycles. The van der Waals surface area contributed by atoms with Crippen molar-refractivity contribution >= 4 is 29.5 Å². The van der Waals surface area contributed by atoms with Crippen molar-refractivity contribution in [2.45, 2.75) is 13.5 Å². The molecule has 0 saturated heterocycles. The second-order valence-electron chi connectivity index (χ2n) is 6.69. The van der Waals surface area contributed by atoms with Gasteiger partial charge in [0.15, 0.2) is 0 Å². The summed E-state index contributed by atoms with van der Waals surface area (Å²) in [7, 11) is 0. The number of amides is 2. The minimum Gasteiger partial charge on any atom is -0.427 e. The van der Waals surface area contributed by atoms with Crippen LogP contribution in [0.4, 0.5) is 5.69 Å². The summed E-state index contributed by atoms with van der Waals surface area (Å²) in [6.07, 6.45) is 3.20. The molecule has 6 heteroatoms. The summed E-state index contributed by atoms with van der Waals surface area (Å²) >= 11 is 0. The summed E-state index contributed by atoms with van der Waals surface area (Å²) in [5.41, 5.74) is 2.66. The van der Waals surface area contributed by atoms with E-state index in [9.17, 15) is 14.4 Å². The van der Waals surface area contributed by atoms with Crippen LogP contribution < -0.4 is 15.4 Å². The third-order valence-corrected chi connectivity index (χ3v) is 4.30. The third kappa shape index (κ3) is 6.68. The Kier molecular flexibility index (Phi) is 7.32. The lowest BCUT2D eigenvalue weighted by Gasteiger charge is -2.11. The number of rotatable bonds is 7. The number of benzene rings is 3. The molecule has 0 bridgehead atoms. The zero-order chi connectivity index (χ0) is 22.1.